The van der Waals surface area contributed by atoms with Crippen molar-refractivity contribution in [3.05, 3.63) is 59.1 Å². The van der Waals surface area contributed by atoms with Crippen LogP contribution in [-0.4, -0.2) is 28.7 Å². The molecule has 0 saturated carbocycles. The van der Waals surface area contributed by atoms with Crippen molar-refractivity contribution in [1.29, 1.82) is 0 Å². The molecule has 0 fully saturated rings. The van der Waals surface area contributed by atoms with Gasteiger partial charge in [0.1, 0.15) is 5.03 Å². The van der Waals surface area contributed by atoms with Gasteiger partial charge >= 0.3 is 0 Å². The summed E-state index contributed by atoms with van der Waals surface area (Å²) in [6.45, 7) is 2.10. The van der Waals surface area contributed by atoms with Crippen molar-refractivity contribution in [2.45, 2.75) is 11.9 Å². The minimum atomic E-state index is -0.128. The van der Waals surface area contributed by atoms with Gasteiger partial charge in [0, 0.05) is 16.3 Å². The quantitative estimate of drug-likeness (QED) is 0.618. The third-order valence-corrected chi connectivity index (χ3v) is 5.53. The van der Waals surface area contributed by atoms with Crippen molar-refractivity contribution in [2.75, 3.05) is 17.9 Å². The Hall–Kier alpha value is -2.77. The highest BCUT2D eigenvalue weighted by Gasteiger charge is 2.14. The zero-order chi connectivity index (χ0) is 19.5. The van der Waals surface area contributed by atoms with Crippen LogP contribution in [0.2, 0.25) is 5.02 Å². The number of rotatable bonds is 5. The molecule has 0 aliphatic carbocycles. The molecule has 8 heteroatoms. The largest absolute Gasteiger partial charge is 0.454 e. The van der Waals surface area contributed by atoms with E-state index in [0.717, 1.165) is 22.6 Å². The Balaban J connectivity index is 1.37. The van der Waals surface area contributed by atoms with Crippen LogP contribution in [0.25, 0.3) is 11.3 Å². The molecule has 2 heterocycles. The summed E-state index contributed by atoms with van der Waals surface area (Å²) in [6, 6.07) is 14.8. The first-order chi connectivity index (χ1) is 13.6. The normalized spacial score (nSPS) is 12.1. The van der Waals surface area contributed by atoms with E-state index in [9.17, 15) is 4.79 Å². The molecule has 3 aromatic rings. The van der Waals surface area contributed by atoms with Gasteiger partial charge in [0.05, 0.1) is 11.4 Å². The lowest BCUT2D eigenvalue weighted by Gasteiger charge is -2.09. The van der Waals surface area contributed by atoms with Crippen LogP contribution in [0.1, 0.15) is 5.56 Å². The molecule has 1 amide bonds. The fourth-order valence-electron chi connectivity index (χ4n) is 2.68. The second kappa shape index (κ2) is 8.08. The lowest BCUT2D eigenvalue weighted by molar-refractivity contribution is -0.113. The third kappa shape index (κ3) is 4.05. The molecule has 28 heavy (non-hydrogen) atoms. The van der Waals surface area contributed by atoms with E-state index < -0.39 is 0 Å². The molecule has 1 N–H and O–H groups in total. The predicted octanol–water partition coefficient (Wildman–Crippen LogP) is 4.56. The van der Waals surface area contributed by atoms with Crippen LogP contribution in [0, 0.1) is 6.92 Å². The summed E-state index contributed by atoms with van der Waals surface area (Å²) in [6.07, 6.45) is 0. The van der Waals surface area contributed by atoms with Crippen LogP contribution in [0.15, 0.2) is 53.6 Å². The lowest BCUT2D eigenvalue weighted by Crippen LogP contribution is -2.15. The highest BCUT2D eigenvalue weighted by molar-refractivity contribution is 7.99. The monoisotopic (exact) mass is 413 g/mol. The number of benzene rings is 2. The van der Waals surface area contributed by atoms with Gasteiger partial charge in [-0.2, -0.15) is 0 Å². The van der Waals surface area contributed by atoms with Gasteiger partial charge in [0.25, 0.3) is 0 Å². The van der Waals surface area contributed by atoms with Crippen molar-refractivity contribution in [3.8, 4) is 22.8 Å². The Bertz CT molecular complexity index is 1030. The van der Waals surface area contributed by atoms with Crippen molar-refractivity contribution in [2.24, 2.45) is 0 Å². The number of carbonyl (C=O) groups is 1. The average molecular weight is 414 g/mol. The fraction of sp³-hybridized carbons (Fsp3) is 0.150. The second-order valence-corrected chi connectivity index (χ2v) is 7.48. The molecule has 0 bridgehead atoms. The van der Waals surface area contributed by atoms with Crippen molar-refractivity contribution < 1.29 is 14.3 Å². The van der Waals surface area contributed by atoms with Crippen LogP contribution in [-0.2, 0) is 4.79 Å². The van der Waals surface area contributed by atoms with Gasteiger partial charge in [0.15, 0.2) is 11.5 Å². The van der Waals surface area contributed by atoms with E-state index in [1.165, 1.54) is 11.8 Å². The van der Waals surface area contributed by atoms with E-state index in [1.807, 2.05) is 43.3 Å². The number of nitrogens with zero attached hydrogens (tertiary/aromatic N) is 2. The SMILES string of the molecule is Cc1c(Cl)cccc1NC(=O)CSc1ccc(-c2ccc3c(c2)OCO3)nn1. The number of hydrogen-bond donors (Lipinski definition) is 1. The van der Waals surface area contributed by atoms with E-state index in [2.05, 4.69) is 15.5 Å². The van der Waals surface area contributed by atoms with Crippen molar-refractivity contribution in [3.63, 3.8) is 0 Å². The first-order valence-electron chi connectivity index (χ1n) is 8.52. The summed E-state index contributed by atoms with van der Waals surface area (Å²) >= 11 is 7.40. The highest BCUT2D eigenvalue weighted by atomic mass is 35.5. The topological polar surface area (TPSA) is 73.3 Å². The number of nitrogens with one attached hydrogen (secondary N) is 1. The molecule has 2 aromatic carbocycles. The molecule has 0 spiro atoms. The minimum absolute atomic E-state index is 0.128. The van der Waals surface area contributed by atoms with Gasteiger partial charge in [-0.05, 0) is 55.0 Å². The number of fused-ring (bicyclic) bond motifs is 1. The maximum Gasteiger partial charge on any atom is 0.234 e. The van der Waals surface area contributed by atoms with Crippen LogP contribution >= 0.6 is 23.4 Å². The maximum absolute atomic E-state index is 12.2. The molecule has 0 unspecified atom stereocenters. The molecule has 4 rings (SSSR count). The number of carbonyl (C=O) groups excluding carboxylic acids is 1. The molecule has 1 aliphatic heterocycles. The smallest absolute Gasteiger partial charge is 0.234 e. The Kier molecular flexibility index (Phi) is 5.36. The summed E-state index contributed by atoms with van der Waals surface area (Å²) in [5, 5.41) is 12.6. The molecular weight excluding hydrogens is 398 g/mol. The van der Waals surface area contributed by atoms with Crippen LogP contribution < -0.4 is 14.8 Å². The van der Waals surface area contributed by atoms with E-state index in [0.29, 0.717) is 21.5 Å². The van der Waals surface area contributed by atoms with Crippen LogP contribution in [0.4, 0.5) is 5.69 Å². The summed E-state index contributed by atoms with van der Waals surface area (Å²) < 4.78 is 10.7. The van der Waals surface area contributed by atoms with Gasteiger partial charge in [-0.3, -0.25) is 4.79 Å². The second-order valence-electron chi connectivity index (χ2n) is 6.07. The van der Waals surface area contributed by atoms with E-state index in [-0.39, 0.29) is 18.5 Å². The summed E-state index contributed by atoms with van der Waals surface area (Å²) in [5.41, 5.74) is 3.17. The summed E-state index contributed by atoms with van der Waals surface area (Å²) in [4.78, 5) is 12.2. The zero-order valence-corrected chi connectivity index (χ0v) is 16.5. The molecule has 1 aromatic heterocycles. The van der Waals surface area contributed by atoms with Gasteiger partial charge in [-0.15, -0.1) is 10.2 Å². The molecule has 6 nitrogen and oxygen atoms in total. The molecule has 0 radical (unpaired) electrons. The van der Waals surface area contributed by atoms with Crippen molar-refractivity contribution >= 4 is 35.0 Å². The average Bonchev–Trinajstić information content (AvgIpc) is 3.18. The molecule has 0 atom stereocenters. The third-order valence-electron chi connectivity index (χ3n) is 4.20. The maximum atomic E-state index is 12.2. The number of amides is 1. The number of thioether (sulfide) groups is 1. The minimum Gasteiger partial charge on any atom is -0.454 e. The first-order valence-corrected chi connectivity index (χ1v) is 9.88. The Morgan fingerprint density at radius 1 is 1.14 bits per heavy atom. The molecular formula is C20H16ClN3O3S. The molecule has 142 valence electrons. The Morgan fingerprint density at radius 2 is 2.00 bits per heavy atom. The first kappa shape index (κ1) is 18.6. The Morgan fingerprint density at radius 3 is 2.82 bits per heavy atom. The lowest BCUT2D eigenvalue weighted by atomic mass is 10.1. The standard InChI is InChI=1S/C20H16ClN3O3S/c1-12-14(21)3-2-4-15(12)22-19(25)10-28-20-8-6-16(23-24-20)13-5-7-17-18(9-13)27-11-26-17/h2-9H,10-11H2,1H3,(H,22,25). The summed E-state index contributed by atoms with van der Waals surface area (Å²) in [5.74, 6) is 1.52. The predicted molar refractivity (Wildman–Crippen MR) is 109 cm³/mol. The zero-order valence-electron chi connectivity index (χ0n) is 14.9. The molecule has 1 aliphatic rings. The van der Waals surface area contributed by atoms with Crippen LogP contribution in [0.5, 0.6) is 11.5 Å². The number of ether oxygens (including phenoxy) is 2. The van der Waals surface area contributed by atoms with Gasteiger partial charge in [-0.1, -0.05) is 29.4 Å². The van der Waals surface area contributed by atoms with Crippen LogP contribution in [0.3, 0.4) is 0 Å². The number of halogens is 1. The molecule has 0 saturated heterocycles. The number of aromatic nitrogens is 2. The van der Waals surface area contributed by atoms with Gasteiger partial charge in [-0.25, -0.2) is 0 Å². The highest BCUT2D eigenvalue weighted by Crippen LogP contribution is 2.35. The van der Waals surface area contributed by atoms with E-state index in [1.54, 1.807) is 12.1 Å². The number of hydrogen-bond acceptors (Lipinski definition) is 6. The number of anilines is 1. The van der Waals surface area contributed by atoms with Gasteiger partial charge < -0.3 is 14.8 Å². The van der Waals surface area contributed by atoms with E-state index in [4.69, 9.17) is 21.1 Å². The van der Waals surface area contributed by atoms with Gasteiger partial charge in [0.2, 0.25) is 12.7 Å². The van der Waals surface area contributed by atoms with E-state index >= 15 is 0 Å². The Labute approximate surface area is 171 Å². The fourth-order valence-corrected chi connectivity index (χ4v) is 3.46. The summed E-state index contributed by atoms with van der Waals surface area (Å²) in [7, 11) is 0. The van der Waals surface area contributed by atoms with Crippen molar-refractivity contribution in [1.82, 2.24) is 10.2 Å².